The predicted octanol–water partition coefficient (Wildman–Crippen LogP) is 2.74. The summed E-state index contributed by atoms with van der Waals surface area (Å²) in [5.74, 6) is -1.93. The minimum atomic E-state index is -4.94. The van der Waals surface area contributed by atoms with Crippen LogP contribution in [-0.4, -0.2) is 16.1 Å². The van der Waals surface area contributed by atoms with E-state index in [1.54, 1.807) is 0 Å². The van der Waals surface area contributed by atoms with Gasteiger partial charge in [-0.25, -0.2) is 13.6 Å². The molecule has 0 unspecified atom stereocenters. The van der Waals surface area contributed by atoms with Gasteiger partial charge in [-0.05, 0) is 6.07 Å². The number of hydrogen-bond acceptors (Lipinski definition) is 2. The lowest BCUT2D eigenvalue weighted by atomic mass is 10.1. The Bertz CT molecular complexity index is 415. The molecule has 0 radical (unpaired) electrons. The SMILES string of the molecule is O=C(O)c1cc(C(F)F)ncc1C(F)(F)F. The van der Waals surface area contributed by atoms with Crippen LogP contribution < -0.4 is 0 Å². The molecule has 8 heteroatoms. The van der Waals surface area contributed by atoms with Gasteiger partial charge in [0.05, 0.1) is 11.1 Å². The van der Waals surface area contributed by atoms with E-state index in [9.17, 15) is 26.7 Å². The summed E-state index contributed by atoms with van der Waals surface area (Å²) in [4.78, 5) is 13.3. The van der Waals surface area contributed by atoms with Crippen LogP contribution in [0.3, 0.4) is 0 Å². The molecule has 1 heterocycles. The van der Waals surface area contributed by atoms with Gasteiger partial charge in [-0.2, -0.15) is 13.2 Å². The summed E-state index contributed by atoms with van der Waals surface area (Å²) in [5, 5.41) is 8.46. The molecule has 16 heavy (non-hydrogen) atoms. The van der Waals surface area contributed by atoms with Gasteiger partial charge in [-0.15, -0.1) is 0 Å². The van der Waals surface area contributed by atoms with Crippen LogP contribution in [0.2, 0.25) is 0 Å². The molecule has 3 nitrogen and oxygen atoms in total. The van der Waals surface area contributed by atoms with E-state index in [1.165, 1.54) is 0 Å². The number of pyridine rings is 1. The van der Waals surface area contributed by atoms with Crippen molar-refractivity contribution in [1.29, 1.82) is 0 Å². The summed E-state index contributed by atoms with van der Waals surface area (Å²) >= 11 is 0. The Kier molecular flexibility index (Phi) is 3.11. The molecule has 0 fully saturated rings. The molecule has 0 atom stereocenters. The van der Waals surface area contributed by atoms with Crippen LogP contribution >= 0.6 is 0 Å². The van der Waals surface area contributed by atoms with Gasteiger partial charge in [0, 0.05) is 6.20 Å². The highest BCUT2D eigenvalue weighted by Crippen LogP contribution is 2.32. The Morgan fingerprint density at radius 3 is 2.31 bits per heavy atom. The number of carboxylic acid groups (broad SMARTS) is 1. The van der Waals surface area contributed by atoms with Gasteiger partial charge in [0.1, 0.15) is 5.69 Å². The summed E-state index contributed by atoms with van der Waals surface area (Å²) < 4.78 is 61.0. The second-order valence-corrected chi connectivity index (χ2v) is 2.76. The van der Waals surface area contributed by atoms with Crippen LogP contribution in [0.1, 0.15) is 28.0 Å². The van der Waals surface area contributed by atoms with Crippen molar-refractivity contribution in [2.45, 2.75) is 12.6 Å². The van der Waals surface area contributed by atoms with E-state index in [2.05, 4.69) is 4.98 Å². The zero-order valence-electron chi connectivity index (χ0n) is 7.42. The topological polar surface area (TPSA) is 50.2 Å². The molecule has 1 aromatic heterocycles. The number of carboxylic acids is 1. The third-order valence-corrected chi connectivity index (χ3v) is 1.68. The number of hydrogen-bond donors (Lipinski definition) is 1. The fraction of sp³-hybridized carbons (Fsp3) is 0.250. The van der Waals surface area contributed by atoms with Gasteiger partial charge < -0.3 is 5.11 Å². The molecule has 0 aliphatic rings. The molecule has 0 bridgehead atoms. The molecule has 1 N–H and O–H groups in total. The van der Waals surface area contributed by atoms with Crippen LogP contribution in [-0.2, 0) is 6.18 Å². The van der Waals surface area contributed by atoms with Crippen molar-refractivity contribution >= 4 is 5.97 Å². The first-order valence-corrected chi connectivity index (χ1v) is 3.82. The van der Waals surface area contributed by atoms with E-state index < -0.39 is 35.4 Å². The maximum absolute atomic E-state index is 12.3. The molecule has 1 rings (SSSR count). The maximum Gasteiger partial charge on any atom is 0.418 e. The first-order valence-electron chi connectivity index (χ1n) is 3.82. The molecule has 0 saturated carbocycles. The fourth-order valence-corrected chi connectivity index (χ4v) is 0.994. The van der Waals surface area contributed by atoms with E-state index in [-0.39, 0.29) is 12.3 Å². The van der Waals surface area contributed by atoms with Gasteiger partial charge in [-0.3, -0.25) is 4.98 Å². The van der Waals surface area contributed by atoms with Crippen LogP contribution in [0, 0.1) is 0 Å². The normalized spacial score (nSPS) is 11.9. The Balaban J connectivity index is 3.37. The lowest BCUT2D eigenvalue weighted by Gasteiger charge is -2.10. The van der Waals surface area contributed by atoms with Crippen molar-refractivity contribution in [2.75, 3.05) is 0 Å². The molecule has 0 aromatic carbocycles. The minimum absolute atomic E-state index is 0.0882. The molecule has 0 amide bonds. The highest BCUT2D eigenvalue weighted by molar-refractivity contribution is 5.89. The Hall–Kier alpha value is -1.73. The molecular formula is C8H4F5NO2. The van der Waals surface area contributed by atoms with Crippen molar-refractivity contribution in [3.8, 4) is 0 Å². The maximum atomic E-state index is 12.3. The quantitative estimate of drug-likeness (QED) is 0.810. The molecular weight excluding hydrogens is 237 g/mol. The van der Waals surface area contributed by atoms with E-state index in [4.69, 9.17) is 5.11 Å². The number of aromatic carboxylic acids is 1. The van der Waals surface area contributed by atoms with Crippen molar-refractivity contribution < 1.29 is 31.9 Å². The fourth-order valence-electron chi connectivity index (χ4n) is 0.994. The molecule has 0 aliphatic heterocycles. The average Bonchev–Trinajstić information content (AvgIpc) is 2.15. The number of halogens is 5. The second kappa shape index (κ2) is 4.03. The van der Waals surface area contributed by atoms with Gasteiger partial charge in [0.25, 0.3) is 6.43 Å². The molecule has 0 aliphatic carbocycles. The minimum Gasteiger partial charge on any atom is -0.478 e. The number of carbonyl (C=O) groups is 1. The highest BCUT2D eigenvalue weighted by Gasteiger charge is 2.36. The second-order valence-electron chi connectivity index (χ2n) is 2.76. The van der Waals surface area contributed by atoms with Gasteiger partial charge in [-0.1, -0.05) is 0 Å². The van der Waals surface area contributed by atoms with Gasteiger partial charge >= 0.3 is 12.1 Å². The van der Waals surface area contributed by atoms with E-state index in [1.807, 2.05) is 0 Å². The van der Waals surface area contributed by atoms with Gasteiger partial charge in [0.15, 0.2) is 0 Å². The molecule has 0 spiro atoms. The van der Waals surface area contributed by atoms with Crippen LogP contribution in [0.5, 0.6) is 0 Å². The van der Waals surface area contributed by atoms with Crippen LogP contribution in [0.4, 0.5) is 22.0 Å². The van der Waals surface area contributed by atoms with Crippen molar-refractivity contribution in [1.82, 2.24) is 4.98 Å². The third-order valence-electron chi connectivity index (χ3n) is 1.68. The lowest BCUT2D eigenvalue weighted by Crippen LogP contribution is -2.14. The number of nitrogens with zero attached hydrogens (tertiary/aromatic N) is 1. The summed E-state index contributed by atoms with van der Waals surface area (Å²) in [7, 11) is 0. The van der Waals surface area contributed by atoms with Crippen LogP contribution in [0.25, 0.3) is 0 Å². The van der Waals surface area contributed by atoms with Crippen molar-refractivity contribution in [2.24, 2.45) is 0 Å². The molecule has 0 saturated heterocycles. The third kappa shape index (κ3) is 2.44. The number of rotatable bonds is 2. The summed E-state index contributed by atoms with van der Waals surface area (Å²) in [5.41, 5.74) is -3.80. The van der Waals surface area contributed by atoms with Crippen molar-refractivity contribution in [3.05, 3.63) is 29.1 Å². The smallest absolute Gasteiger partial charge is 0.418 e. The zero-order valence-corrected chi connectivity index (χ0v) is 7.42. The number of aromatic nitrogens is 1. The summed E-state index contributed by atoms with van der Waals surface area (Å²) in [6.45, 7) is 0. The molecule has 88 valence electrons. The largest absolute Gasteiger partial charge is 0.478 e. The monoisotopic (exact) mass is 241 g/mol. The Labute approximate surface area is 85.5 Å². The van der Waals surface area contributed by atoms with E-state index >= 15 is 0 Å². The first-order chi connectivity index (χ1) is 7.23. The summed E-state index contributed by atoms with van der Waals surface area (Å²) in [6, 6.07) is 0.218. The van der Waals surface area contributed by atoms with E-state index in [0.29, 0.717) is 0 Å². The predicted molar refractivity (Wildman–Crippen MR) is 41.2 cm³/mol. The molecule has 1 aromatic rings. The Morgan fingerprint density at radius 1 is 1.38 bits per heavy atom. The van der Waals surface area contributed by atoms with E-state index in [0.717, 1.165) is 0 Å². The zero-order chi connectivity index (χ0) is 12.5. The number of alkyl halides is 5. The Morgan fingerprint density at radius 2 is 1.94 bits per heavy atom. The standard InChI is InChI=1S/C8H4F5NO2/c9-6(10)5-1-3(7(15)16)4(2-14-5)8(11,12)13/h1-2,6H,(H,15,16). The van der Waals surface area contributed by atoms with Gasteiger partial charge in [0.2, 0.25) is 0 Å². The van der Waals surface area contributed by atoms with Crippen LogP contribution in [0.15, 0.2) is 12.3 Å². The van der Waals surface area contributed by atoms with Crippen molar-refractivity contribution in [3.63, 3.8) is 0 Å². The average molecular weight is 241 g/mol. The highest BCUT2D eigenvalue weighted by atomic mass is 19.4. The first kappa shape index (κ1) is 12.3. The summed E-state index contributed by atoms with van der Waals surface area (Å²) in [6.07, 6.45) is -7.98. The lowest BCUT2D eigenvalue weighted by molar-refractivity contribution is -0.138.